The highest BCUT2D eigenvalue weighted by Crippen LogP contribution is 2.27. The van der Waals surface area contributed by atoms with Crippen LogP contribution >= 0.6 is 11.6 Å². The fourth-order valence-electron chi connectivity index (χ4n) is 1.60. The second-order valence-electron chi connectivity index (χ2n) is 3.79. The summed E-state index contributed by atoms with van der Waals surface area (Å²) < 4.78 is 38.3. The van der Waals surface area contributed by atoms with Crippen LogP contribution < -0.4 is 0 Å². The van der Waals surface area contributed by atoms with E-state index < -0.39 is 37.3 Å². The van der Waals surface area contributed by atoms with E-state index in [1.807, 2.05) is 0 Å². The predicted molar refractivity (Wildman–Crippen MR) is 62.8 cm³/mol. The summed E-state index contributed by atoms with van der Waals surface area (Å²) in [5, 5.41) is 8.22. The van der Waals surface area contributed by atoms with Crippen LogP contribution in [0.15, 0.2) is 17.0 Å². The molecule has 9 heteroatoms. The molecule has 0 amide bonds. The summed E-state index contributed by atoms with van der Waals surface area (Å²) in [6.45, 7) is 0.371. The Kier molecular flexibility index (Phi) is 3.77. The van der Waals surface area contributed by atoms with Crippen LogP contribution in [0.25, 0.3) is 0 Å². The largest absolute Gasteiger partial charge is 0.478 e. The summed E-state index contributed by atoms with van der Waals surface area (Å²) in [5.41, 5.74) is -0.612. The van der Waals surface area contributed by atoms with Gasteiger partial charge in [0.1, 0.15) is 5.82 Å². The second-order valence-corrected chi connectivity index (χ2v) is 6.00. The van der Waals surface area contributed by atoms with E-state index in [1.165, 1.54) is 0 Å². The average Bonchev–Trinajstić information content (AvgIpc) is 2.86. The van der Waals surface area contributed by atoms with Crippen LogP contribution in [0.1, 0.15) is 16.8 Å². The second kappa shape index (κ2) is 5.04. The Morgan fingerprint density at radius 1 is 1.47 bits per heavy atom. The van der Waals surface area contributed by atoms with Gasteiger partial charge in [-0.2, -0.15) is 0 Å². The molecule has 1 aromatic carbocycles. The molecule has 0 atom stereocenters. The molecule has 1 saturated heterocycles. The Morgan fingerprint density at radius 2 is 2.16 bits per heavy atom. The summed E-state index contributed by atoms with van der Waals surface area (Å²) >= 11 is 5.47. The molecule has 19 heavy (non-hydrogen) atoms. The number of carbonyl (C=O) groups is 1. The third-order valence-corrected chi connectivity index (χ3v) is 4.56. The van der Waals surface area contributed by atoms with Crippen LogP contribution in [0.5, 0.6) is 0 Å². The van der Waals surface area contributed by atoms with Crippen LogP contribution in [0.4, 0.5) is 4.39 Å². The van der Waals surface area contributed by atoms with Gasteiger partial charge in [-0.05, 0) is 18.6 Å². The molecule has 1 fully saturated rings. The lowest BCUT2D eigenvalue weighted by Crippen LogP contribution is -2.27. The van der Waals surface area contributed by atoms with Crippen LogP contribution in [0, 0.1) is 5.82 Å². The molecule has 0 saturated carbocycles. The normalized spacial score (nSPS) is 16.7. The molecule has 1 aliphatic heterocycles. The molecule has 6 nitrogen and oxygen atoms in total. The number of nitrogens with zero attached hydrogens (tertiary/aromatic N) is 1. The van der Waals surface area contributed by atoms with Gasteiger partial charge in [-0.15, -0.1) is 0 Å². The summed E-state index contributed by atoms with van der Waals surface area (Å²) in [5.74, 6) is -2.62. The monoisotopic (exact) mass is 309 g/mol. The minimum Gasteiger partial charge on any atom is -0.478 e. The number of sulfonamides is 1. The van der Waals surface area contributed by atoms with E-state index in [0.717, 1.165) is 6.07 Å². The molecule has 1 aliphatic rings. The van der Waals surface area contributed by atoms with Crippen molar-refractivity contribution in [2.45, 2.75) is 11.3 Å². The summed E-state index contributed by atoms with van der Waals surface area (Å²) in [6.07, 6.45) is 0.515. The number of hydroxylamine groups is 1. The fourth-order valence-corrected chi connectivity index (χ4v) is 3.13. The SMILES string of the molecule is O=C(O)c1cc(S(=O)(=O)N2CCCO2)cc(F)c1Cl. The van der Waals surface area contributed by atoms with Crippen LogP contribution in [-0.2, 0) is 14.9 Å². The summed E-state index contributed by atoms with van der Waals surface area (Å²) in [7, 11) is -4.08. The van der Waals surface area contributed by atoms with Crippen LogP contribution in [0.2, 0.25) is 5.02 Å². The molecule has 0 unspecified atom stereocenters. The zero-order valence-corrected chi connectivity index (χ0v) is 11.0. The molecule has 0 spiro atoms. The molecular weight excluding hydrogens is 301 g/mol. The third-order valence-electron chi connectivity index (χ3n) is 2.52. The highest BCUT2D eigenvalue weighted by molar-refractivity contribution is 7.89. The first-order chi connectivity index (χ1) is 8.84. The van der Waals surface area contributed by atoms with Crippen molar-refractivity contribution < 1.29 is 27.5 Å². The number of carboxylic acid groups (broad SMARTS) is 1. The number of benzene rings is 1. The van der Waals surface area contributed by atoms with Gasteiger partial charge in [0.2, 0.25) is 0 Å². The molecular formula is C10H9ClFNO5S. The topological polar surface area (TPSA) is 83.9 Å². The smallest absolute Gasteiger partial charge is 0.337 e. The van der Waals surface area contributed by atoms with Gasteiger partial charge in [0.05, 0.1) is 22.1 Å². The van der Waals surface area contributed by atoms with Gasteiger partial charge in [-0.3, -0.25) is 4.84 Å². The molecule has 2 rings (SSSR count). The Labute approximate surface area is 113 Å². The van der Waals surface area contributed by atoms with E-state index >= 15 is 0 Å². The van der Waals surface area contributed by atoms with Gasteiger partial charge in [0.25, 0.3) is 10.0 Å². The minimum absolute atomic E-state index is 0.134. The Bertz CT molecular complexity index is 627. The Morgan fingerprint density at radius 3 is 2.68 bits per heavy atom. The molecule has 104 valence electrons. The standard InChI is InChI=1S/C10H9ClFNO5S/c11-9-7(10(14)15)4-6(5-8(9)12)19(16,17)13-2-1-3-18-13/h4-5H,1-3H2,(H,14,15). The van der Waals surface area contributed by atoms with Gasteiger partial charge in [0, 0.05) is 6.54 Å². The molecule has 0 radical (unpaired) electrons. The number of hydrogen-bond acceptors (Lipinski definition) is 4. The first-order valence-electron chi connectivity index (χ1n) is 5.22. The van der Waals surface area contributed by atoms with Gasteiger partial charge in [-0.1, -0.05) is 16.1 Å². The lowest BCUT2D eigenvalue weighted by atomic mass is 10.2. The summed E-state index contributed by atoms with van der Waals surface area (Å²) in [4.78, 5) is 15.3. The van der Waals surface area contributed by atoms with E-state index in [-0.39, 0.29) is 13.2 Å². The van der Waals surface area contributed by atoms with Crippen molar-refractivity contribution in [1.29, 1.82) is 0 Å². The molecule has 1 heterocycles. The Hall–Kier alpha value is -1.22. The third kappa shape index (κ3) is 2.57. The van der Waals surface area contributed by atoms with Crippen LogP contribution in [0.3, 0.4) is 0 Å². The summed E-state index contributed by atoms with van der Waals surface area (Å²) in [6, 6.07) is 1.48. The lowest BCUT2D eigenvalue weighted by molar-refractivity contribution is -0.0284. The zero-order valence-electron chi connectivity index (χ0n) is 9.47. The zero-order chi connectivity index (χ0) is 14.2. The number of hydrogen-bond donors (Lipinski definition) is 1. The lowest BCUT2D eigenvalue weighted by Gasteiger charge is -2.15. The molecule has 0 aromatic heterocycles. The number of rotatable bonds is 3. The van der Waals surface area contributed by atoms with E-state index in [2.05, 4.69) is 0 Å². The van der Waals surface area contributed by atoms with Crippen molar-refractivity contribution in [3.05, 3.63) is 28.5 Å². The average molecular weight is 310 g/mol. The number of carboxylic acids is 1. The van der Waals surface area contributed by atoms with Gasteiger partial charge < -0.3 is 5.11 Å². The molecule has 1 aromatic rings. The quantitative estimate of drug-likeness (QED) is 0.915. The van der Waals surface area contributed by atoms with Crippen LogP contribution in [-0.4, -0.2) is 37.1 Å². The first kappa shape index (κ1) is 14.2. The first-order valence-corrected chi connectivity index (χ1v) is 7.04. The molecule has 1 N–H and O–H groups in total. The van der Waals surface area contributed by atoms with Crippen molar-refractivity contribution >= 4 is 27.6 Å². The maximum atomic E-state index is 13.5. The van der Waals surface area contributed by atoms with Crippen molar-refractivity contribution in [3.63, 3.8) is 0 Å². The van der Waals surface area contributed by atoms with Crippen molar-refractivity contribution in [3.8, 4) is 0 Å². The maximum absolute atomic E-state index is 13.5. The van der Waals surface area contributed by atoms with E-state index in [4.69, 9.17) is 21.5 Å². The molecule has 0 aliphatic carbocycles. The van der Waals surface area contributed by atoms with E-state index in [1.54, 1.807) is 0 Å². The minimum atomic E-state index is -4.08. The van der Waals surface area contributed by atoms with E-state index in [9.17, 15) is 17.6 Å². The van der Waals surface area contributed by atoms with E-state index in [0.29, 0.717) is 17.0 Å². The van der Waals surface area contributed by atoms with Gasteiger partial charge in [-0.25, -0.2) is 17.6 Å². The van der Waals surface area contributed by atoms with Gasteiger partial charge >= 0.3 is 5.97 Å². The fraction of sp³-hybridized carbons (Fsp3) is 0.300. The highest BCUT2D eigenvalue weighted by atomic mass is 35.5. The molecule has 0 bridgehead atoms. The Balaban J connectivity index is 2.54. The maximum Gasteiger partial charge on any atom is 0.337 e. The van der Waals surface area contributed by atoms with Crippen molar-refractivity contribution in [1.82, 2.24) is 4.47 Å². The van der Waals surface area contributed by atoms with Gasteiger partial charge in [0.15, 0.2) is 0 Å². The number of halogens is 2. The number of aromatic carboxylic acids is 1. The van der Waals surface area contributed by atoms with Crippen molar-refractivity contribution in [2.24, 2.45) is 0 Å². The highest BCUT2D eigenvalue weighted by Gasteiger charge is 2.31. The van der Waals surface area contributed by atoms with Crippen molar-refractivity contribution in [2.75, 3.05) is 13.2 Å². The predicted octanol–water partition coefficient (Wildman–Crippen LogP) is 1.50.